The predicted octanol–water partition coefficient (Wildman–Crippen LogP) is 0.660. The van der Waals surface area contributed by atoms with Crippen molar-refractivity contribution in [2.24, 2.45) is 0 Å². The highest BCUT2D eigenvalue weighted by atomic mass is 16.1. The van der Waals surface area contributed by atoms with Crippen LogP contribution in [0.5, 0.6) is 0 Å². The molecule has 1 rings (SSSR count). The average molecular weight is 137 g/mol. The molecule has 0 amide bonds. The summed E-state index contributed by atoms with van der Waals surface area (Å²) in [6.07, 6.45) is 5.36. The van der Waals surface area contributed by atoms with Gasteiger partial charge in [0.2, 0.25) is 0 Å². The molecule has 0 aromatic carbocycles. The smallest absolute Gasteiger partial charge is 0.176 e. The summed E-state index contributed by atoms with van der Waals surface area (Å²) in [4.78, 5) is 11.0. The Morgan fingerprint density at radius 1 is 1.50 bits per heavy atom. The van der Waals surface area contributed by atoms with Gasteiger partial charge in [-0.3, -0.25) is 4.79 Å². The number of likely N-dealkylation sites (N-methyl/N-ethyl adjacent to an activating group) is 1. The molecule has 0 aromatic heterocycles. The van der Waals surface area contributed by atoms with Crippen molar-refractivity contribution in [2.75, 3.05) is 7.05 Å². The quantitative estimate of drug-likeness (QED) is 0.575. The van der Waals surface area contributed by atoms with Crippen LogP contribution < -0.4 is 5.32 Å². The third kappa shape index (κ3) is 1.33. The minimum atomic E-state index is -0.106. The van der Waals surface area contributed by atoms with E-state index in [1.54, 1.807) is 13.1 Å². The first-order chi connectivity index (χ1) is 4.74. The Morgan fingerprint density at radius 2 is 2.20 bits per heavy atom. The Kier molecular flexibility index (Phi) is 2.02. The van der Waals surface area contributed by atoms with Crippen LogP contribution in [0.2, 0.25) is 0 Å². The number of rotatable bonds is 1. The van der Waals surface area contributed by atoms with E-state index in [2.05, 4.69) is 5.32 Å². The summed E-state index contributed by atoms with van der Waals surface area (Å²) in [5.74, 6) is 0.133. The molecule has 0 saturated heterocycles. The summed E-state index contributed by atoms with van der Waals surface area (Å²) >= 11 is 0. The zero-order chi connectivity index (χ0) is 7.56. The molecule has 0 fully saturated rings. The largest absolute Gasteiger partial charge is 0.307 e. The molecule has 0 heterocycles. The minimum Gasteiger partial charge on any atom is -0.307 e. The van der Waals surface area contributed by atoms with Crippen LogP contribution in [0.15, 0.2) is 23.8 Å². The molecule has 1 aliphatic rings. The van der Waals surface area contributed by atoms with E-state index in [0.29, 0.717) is 0 Å². The van der Waals surface area contributed by atoms with Crippen molar-refractivity contribution >= 4 is 5.78 Å². The van der Waals surface area contributed by atoms with Gasteiger partial charge in [-0.2, -0.15) is 0 Å². The highest BCUT2D eigenvalue weighted by Crippen LogP contribution is 2.05. The van der Waals surface area contributed by atoms with E-state index in [9.17, 15) is 4.79 Å². The summed E-state index contributed by atoms with van der Waals surface area (Å²) in [5.41, 5.74) is 1.14. The lowest BCUT2D eigenvalue weighted by molar-refractivity contribution is -0.115. The molecule has 0 saturated carbocycles. The van der Waals surface area contributed by atoms with Gasteiger partial charge < -0.3 is 5.32 Å². The maximum atomic E-state index is 11.0. The Bertz CT molecular complexity index is 203. The Morgan fingerprint density at radius 3 is 2.70 bits per heavy atom. The van der Waals surface area contributed by atoms with Crippen LogP contribution in [-0.4, -0.2) is 18.9 Å². The van der Waals surface area contributed by atoms with Crippen molar-refractivity contribution in [3.63, 3.8) is 0 Å². The third-order valence-electron chi connectivity index (χ3n) is 1.56. The average Bonchev–Trinajstić information content (AvgIpc) is 1.94. The Labute approximate surface area is 60.6 Å². The van der Waals surface area contributed by atoms with Gasteiger partial charge in [0, 0.05) is 0 Å². The molecule has 10 heavy (non-hydrogen) atoms. The van der Waals surface area contributed by atoms with E-state index in [0.717, 1.165) is 5.57 Å². The normalized spacial score (nSPS) is 24.8. The van der Waals surface area contributed by atoms with Crippen LogP contribution in [-0.2, 0) is 4.79 Å². The van der Waals surface area contributed by atoms with Gasteiger partial charge in [0.25, 0.3) is 0 Å². The molecular formula is C8H11NO. The van der Waals surface area contributed by atoms with E-state index in [4.69, 9.17) is 0 Å². The first kappa shape index (κ1) is 7.22. The van der Waals surface area contributed by atoms with E-state index in [1.165, 1.54) is 0 Å². The van der Waals surface area contributed by atoms with Crippen molar-refractivity contribution < 1.29 is 4.79 Å². The molecule has 0 radical (unpaired) electrons. The fourth-order valence-electron chi connectivity index (χ4n) is 0.943. The van der Waals surface area contributed by atoms with Gasteiger partial charge in [-0.15, -0.1) is 0 Å². The number of allylic oxidation sites excluding steroid dienone is 2. The molecule has 2 heteroatoms. The summed E-state index contributed by atoms with van der Waals surface area (Å²) in [5, 5.41) is 2.91. The van der Waals surface area contributed by atoms with Crippen LogP contribution >= 0.6 is 0 Å². The van der Waals surface area contributed by atoms with Gasteiger partial charge in [0.1, 0.15) is 0 Å². The van der Waals surface area contributed by atoms with E-state index in [1.807, 2.05) is 19.1 Å². The molecule has 54 valence electrons. The number of nitrogens with one attached hydrogen (secondary N) is 1. The first-order valence-corrected chi connectivity index (χ1v) is 3.31. The van der Waals surface area contributed by atoms with E-state index >= 15 is 0 Å². The zero-order valence-corrected chi connectivity index (χ0v) is 6.22. The number of ketones is 1. The van der Waals surface area contributed by atoms with Gasteiger partial charge in [0.05, 0.1) is 6.04 Å². The Hall–Kier alpha value is -0.890. The number of carbonyl (C=O) groups excluding carboxylic acids is 1. The van der Waals surface area contributed by atoms with E-state index < -0.39 is 0 Å². The second-order valence-corrected chi connectivity index (χ2v) is 2.41. The zero-order valence-electron chi connectivity index (χ0n) is 6.22. The van der Waals surface area contributed by atoms with Crippen LogP contribution in [0, 0.1) is 0 Å². The second-order valence-electron chi connectivity index (χ2n) is 2.41. The van der Waals surface area contributed by atoms with Crippen molar-refractivity contribution in [1.29, 1.82) is 0 Å². The van der Waals surface area contributed by atoms with Crippen LogP contribution in [0.3, 0.4) is 0 Å². The van der Waals surface area contributed by atoms with Gasteiger partial charge in [-0.1, -0.05) is 17.7 Å². The highest BCUT2D eigenvalue weighted by Gasteiger charge is 2.12. The topological polar surface area (TPSA) is 29.1 Å². The summed E-state index contributed by atoms with van der Waals surface area (Å²) < 4.78 is 0. The predicted molar refractivity (Wildman–Crippen MR) is 40.8 cm³/mol. The van der Waals surface area contributed by atoms with Gasteiger partial charge in [0.15, 0.2) is 5.78 Å². The molecule has 0 aromatic rings. The number of hydrogen-bond donors (Lipinski definition) is 1. The monoisotopic (exact) mass is 137 g/mol. The second kappa shape index (κ2) is 2.80. The standard InChI is InChI=1S/C8H11NO/c1-6-3-4-8(10)7(5-6)9-2/h3-5,7,9H,1-2H3. The summed E-state index contributed by atoms with van der Waals surface area (Å²) in [6, 6.07) is -0.106. The molecule has 1 unspecified atom stereocenters. The molecule has 2 nitrogen and oxygen atoms in total. The summed E-state index contributed by atoms with van der Waals surface area (Å²) in [7, 11) is 1.78. The van der Waals surface area contributed by atoms with Gasteiger partial charge in [-0.05, 0) is 20.0 Å². The van der Waals surface area contributed by atoms with Crippen molar-refractivity contribution in [1.82, 2.24) is 5.32 Å². The SMILES string of the molecule is CNC1C=C(C)C=CC1=O. The molecule has 0 spiro atoms. The maximum absolute atomic E-state index is 11.0. The lowest BCUT2D eigenvalue weighted by Gasteiger charge is -2.11. The highest BCUT2D eigenvalue weighted by molar-refractivity contribution is 5.97. The molecule has 1 aliphatic carbocycles. The van der Waals surface area contributed by atoms with Gasteiger partial charge >= 0.3 is 0 Å². The lowest BCUT2D eigenvalue weighted by Crippen LogP contribution is -2.32. The molecular weight excluding hydrogens is 126 g/mol. The third-order valence-corrected chi connectivity index (χ3v) is 1.56. The summed E-state index contributed by atoms with van der Waals surface area (Å²) in [6.45, 7) is 1.98. The van der Waals surface area contributed by atoms with E-state index in [-0.39, 0.29) is 11.8 Å². The van der Waals surface area contributed by atoms with Crippen molar-refractivity contribution in [3.05, 3.63) is 23.8 Å². The van der Waals surface area contributed by atoms with Crippen molar-refractivity contribution in [3.8, 4) is 0 Å². The molecule has 1 N–H and O–H groups in total. The molecule has 0 bridgehead atoms. The minimum absolute atomic E-state index is 0.106. The number of hydrogen-bond acceptors (Lipinski definition) is 2. The van der Waals surface area contributed by atoms with Crippen LogP contribution in [0.4, 0.5) is 0 Å². The fourth-order valence-corrected chi connectivity index (χ4v) is 0.943. The van der Waals surface area contributed by atoms with Gasteiger partial charge in [-0.25, -0.2) is 0 Å². The van der Waals surface area contributed by atoms with Crippen LogP contribution in [0.1, 0.15) is 6.92 Å². The molecule has 0 aliphatic heterocycles. The fraction of sp³-hybridized carbons (Fsp3) is 0.375. The van der Waals surface area contributed by atoms with Crippen LogP contribution in [0.25, 0.3) is 0 Å². The maximum Gasteiger partial charge on any atom is 0.176 e. The Balaban J connectivity index is 2.76. The first-order valence-electron chi connectivity index (χ1n) is 3.31. The molecule has 1 atom stereocenters. The van der Waals surface area contributed by atoms with Crippen molar-refractivity contribution in [2.45, 2.75) is 13.0 Å². The number of carbonyl (C=O) groups is 1. The lowest BCUT2D eigenvalue weighted by atomic mass is 10.0.